The molecule has 128 valence electrons. The molecule has 22 heavy (non-hydrogen) atoms. The molecule has 0 atom stereocenters. The van der Waals surface area contributed by atoms with Crippen LogP contribution in [0.4, 0.5) is 0 Å². The van der Waals surface area contributed by atoms with E-state index in [1.807, 2.05) is 9.80 Å². The highest BCUT2D eigenvalue weighted by Gasteiger charge is 2.21. The van der Waals surface area contributed by atoms with Gasteiger partial charge in [0.2, 0.25) is 11.8 Å². The second-order valence-corrected chi connectivity index (χ2v) is 6.47. The fourth-order valence-corrected chi connectivity index (χ4v) is 3.02. The summed E-state index contributed by atoms with van der Waals surface area (Å²) in [6.07, 6.45) is 12.2. The maximum atomic E-state index is 12.1. The molecule has 0 aromatic rings. The second-order valence-electron chi connectivity index (χ2n) is 6.47. The van der Waals surface area contributed by atoms with Gasteiger partial charge in [0.25, 0.3) is 0 Å². The Morgan fingerprint density at radius 1 is 0.727 bits per heavy atom. The van der Waals surface area contributed by atoms with Gasteiger partial charge in [0, 0.05) is 39.5 Å². The molecule has 0 bridgehead atoms. The van der Waals surface area contributed by atoms with Gasteiger partial charge in [-0.3, -0.25) is 9.59 Å². The summed E-state index contributed by atoms with van der Waals surface area (Å²) in [5.41, 5.74) is 0. The summed E-state index contributed by atoms with van der Waals surface area (Å²) in [6, 6.07) is 0. The van der Waals surface area contributed by atoms with Crippen molar-refractivity contribution in [1.29, 1.82) is 0 Å². The van der Waals surface area contributed by atoms with E-state index in [4.69, 9.17) is 0 Å². The van der Waals surface area contributed by atoms with Crippen molar-refractivity contribution in [3.63, 3.8) is 0 Å². The fourth-order valence-electron chi connectivity index (χ4n) is 3.02. The molecule has 1 rings (SSSR count). The summed E-state index contributed by atoms with van der Waals surface area (Å²) in [5, 5.41) is 0. The number of rotatable bonds is 10. The van der Waals surface area contributed by atoms with Gasteiger partial charge < -0.3 is 9.80 Å². The minimum absolute atomic E-state index is 0.117. The molecule has 0 unspecified atom stereocenters. The Morgan fingerprint density at radius 2 is 1.18 bits per heavy atom. The number of amides is 2. The molecule has 1 fully saturated rings. The quantitative estimate of drug-likeness (QED) is 0.578. The van der Waals surface area contributed by atoms with Crippen LogP contribution in [0.15, 0.2) is 0 Å². The average Bonchev–Trinajstić information content (AvgIpc) is 2.53. The van der Waals surface area contributed by atoms with Crippen LogP contribution in [0.1, 0.15) is 78.1 Å². The molecule has 0 saturated carbocycles. The number of hydrogen-bond acceptors (Lipinski definition) is 2. The van der Waals surface area contributed by atoms with E-state index in [1.165, 1.54) is 51.4 Å². The lowest BCUT2D eigenvalue weighted by Crippen LogP contribution is -2.50. The van der Waals surface area contributed by atoms with Gasteiger partial charge in [-0.05, 0) is 6.42 Å². The molecule has 1 aliphatic rings. The van der Waals surface area contributed by atoms with E-state index in [0.717, 1.165) is 6.42 Å². The average molecular weight is 310 g/mol. The minimum atomic E-state index is 0.117. The zero-order chi connectivity index (χ0) is 16.2. The highest BCUT2D eigenvalue weighted by Crippen LogP contribution is 2.12. The number of unbranched alkanes of at least 4 members (excludes halogenated alkanes) is 8. The van der Waals surface area contributed by atoms with Crippen LogP contribution < -0.4 is 0 Å². The first-order valence-electron chi connectivity index (χ1n) is 9.18. The molecule has 2 amide bonds. The molecule has 0 N–H and O–H groups in total. The van der Waals surface area contributed by atoms with Crippen LogP contribution in [-0.4, -0.2) is 47.8 Å². The molecule has 0 aromatic carbocycles. The number of carbonyl (C=O) groups is 2. The lowest BCUT2D eigenvalue weighted by Gasteiger charge is -2.34. The molecule has 0 spiro atoms. The maximum Gasteiger partial charge on any atom is 0.222 e. The monoisotopic (exact) mass is 310 g/mol. The van der Waals surface area contributed by atoms with Gasteiger partial charge in [-0.1, -0.05) is 58.3 Å². The molecule has 1 aliphatic heterocycles. The maximum absolute atomic E-state index is 12.1. The summed E-state index contributed by atoms with van der Waals surface area (Å²) >= 11 is 0. The van der Waals surface area contributed by atoms with Crippen molar-refractivity contribution in [1.82, 2.24) is 9.80 Å². The van der Waals surface area contributed by atoms with Crippen LogP contribution in [-0.2, 0) is 9.59 Å². The van der Waals surface area contributed by atoms with Gasteiger partial charge in [0.1, 0.15) is 0 Å². The summed E-state index contributed by atoms with van der Waals surface area (Å²) in [6.45, 7) is 6.64. The summed E-state index contributed by atoms with van der Waals surface area (Å²) in [7, 11) is 0. The fraction of sp³-hybridized carbons (Fsp3) is 0.889. The molecular weight excluding hydrogens is 276 g/mol. The Morgan fingerprint density at radius 3 is 1.68 bits per heavy atom. The van der Waals surface area contributed by atoms with Crippen molar-refractivity contribution < 1.29 is 9.59 Å². The molecule has 1 heterocycles. The Hall–Kier alpha value is -1.06. The molecule has 0 aliphatic carbocycles. The van der Waals surface area contributed by atoms with Crippen LogP contribution in [0.5, 0.6) is 0 Å². The van der Waals surface area contributed by atoms with E-state index in [1.54, 1.807) is 6.92 Å². The Balaban J connectivity index is 1.97. The number of hydrogen-bond donors (Lipinski definition) is 0. The van der Waals surface area contributed by atoms with Gasteiger partial charge in [-0.25, -0.2) is 0 Å². The van der Waals surface area contributed by atoms with Gasteiger partial charge in [0.05, 0.1) is 0 Å². The Bertz CT molecular complexity index is 323. The van der Waals surface area contributed by atoms with Crippen LogP contribution in [0, 0.1) is 0 Å². The molecule has 0 aromatic heterocycles. The third-order valence-corrected chi connectivity index (χ3v) is 4.57. The van der Waals surface area contributed by atoms with E-state index in [2.05, 4.69) is 6.92 Å². The summed E-state index contributed by atoms with van der Waals surface area (Å²) in [5.74, 6) is 0.386. The minimum Gasteiger partial charge on any atom is -0.339 e. The molecular formula is C18H34N2O2. The largest absolute Gasteiger partial charge is 0.339 e. The SMILES string of the molecule is CCCCCCCCCCCC(=O)N1CCN(C(C)=O)CC1. The van der Waals surface area contributed by atoms with Crippen LogP contribution in [0.25, 0.3) is 0 Å². The molecule has 4 heteroatoms. The van der Waals surface area contributed by atoms with Crippen LogP contribution in [0.3, 0.4) is 0 Å². The van der Waals surface area contributed by atoms with Crippen LogP contribution in [0.2, 0.25) is 0 Å². The molecule has 4 nitrogen and oxygen atoms in total. The summed E-state index contributed by atoms with van der Waals surface area (Å²) < 4.78 is 0. The lowest BCUT2D eigenvalue weighted by molar-refractivity contribution is -0.138. The summed E-state index contributed by atoms with van der Waals surface area (Å²) in [4.78, 5) is 27.1. The van der Waals surface area contributed by atoms with Gasteiger partial charge in [-0.2, -0.15) is 0 Å². The van der Waals surface area contributed by atoms with Gasteiger partial charge in [0.15, 0.2) is 0 Å². The van der Waals surface area contributed by atoms with Gasteiger partial charge >= 0.3 is 0 Å². The van der Waals surface area contributed by atoms with Crippen molar-refractivity contribution in [2.24, 2.45) is 0 Å². The first kappa shape index (κ1) is 19.0. The highest BCUT2D eigenvalue weighted by atomic mass is 16.2. The van der Waals surface area contributed by atoms with E-state index >= 15 is 0 Å². The first-order chi connectivity index (χ1) is 10.6. The van der Waals surface area contributed by atoms with Crippen molar-refractivity contribution in [2.75, 3.05) is 26.2 Å². The second kappa shape index (κ2) is 11.5. The van der Waals surface area contributed by atoms with Crippen LogP contribution >= 0.6 is 0 Å². The normalized spacial score (nSPS) is 15.2. The van der Waals surface area contributed by atoms with Crippen molar-refractivity contribution in [3.8, 4) is 0 Å². The van der Waals surface area contributed by atoms with Gasteiger partial charge in [-0.15, -0.1) is 0 Å². The highest BCUT2D eigenvalue weighted by molar-refractivity contribution is 5.77. The van der Waals surface area contributed by atoms with Crippen molar-refractivity contribution in [3.05, 3.63) is 0 Å². The van der Waals surface area contributed by atoms with E-state index in [-0.39, 0.29) is 11.8 Å². The predicted molar refractivity (Wildman–Crippen MR) is 90.7 cm³/mol. The van der Waals surface area contributed by atoms with E-state index in [9.17, 15) is 9.59 Å². The first-order valence-corrected chi connectivity index (χ1v) is 9.18. The van der Waals surface area contributed by atoms with E-state index < -0.39 is 0 Å². The Kier molecular flexibility index (Phi) is 9.93. The molecule has 0 radical (unpaired) electrons. The number of nitrogens with zero attached hydrogens (tertiary/aromatic N) is 2. The lowest BCUT2D eigenvalue weighted by atomic mass is 10.1. The number of piperazine rings is 1. The van der Waals surface area contributed by atoms with Crippen molar-refractivity contribution >= 4 is 11.8 Å². The third-order valence-electron chi connectivity index (χ3n) is 4.57. The number of carbonyl (C=O) groups excluding carboxylic acids is 2. The molecule has 1 saturated heterocycles. The third kappa shape index (κ3) is 7.81. The topological polar surface area (TPSA) is 40.6 Å². The zero-order valence-electron chi connectivity index (χ0n) is 14.6. The van der Waals surface area contributed by atoms with E-state index in [0.29, 0.717) is 32.6 Å². The Labute approximate surface area is 136 Å². The zero-order valence-corrected chi connectivity index (χ0v) is 14.6. The van der Waals surface area contributed by atoms with Crippen molar-refractivity contribution in [2.45, 2.75) is 78.1 Å². The standard InChI is InChI=1S/C18H34N2O2/c1-3-4-5-6-7-8-9-10-11-12-18(22)20-15-13-19(14-16-20)17(2)21/h3-16H2,1-2H3. The predicted octanol–water partition coefficient (Wildman–Crippen LogP) is 3.60. The smallest absolute Gasteiger partial charge is 0.222 e.